The lowest BCUT2D eigenvalue weighted by Gasteiger charge is -2.62. The van der Waals surface area contributed by atoms with Gasteiger partial charge in [-0.2, -0.15) is 0 Å². The van der Waals surface area contributed by atoms with Gasteiger partial charge in [-0.3, -0.25) is 14.5 Å². The molecular weight excluding hydrogens is 512 g/mol. The van der Waals surface area contributed by atoms with Crippen LogP contribution in [0.5, 0.6) is 0 Å². The third-order valence-corrected chi connectivity index (χ3v) is 12.3. The molecule has 0 aromatic heterocycles. The first-order valence-corrected chi connectivity index (χ1v) is 15.5. The van der Waals surface area contributed by atoms with Crippen LogP contribution in [0.1, 0.15) is 85.5 Å². The standard InChI is InChI=1S/C31H47N2O7/c1-19(34)39-31(40-20(2)35)27(33-12-5-6-13-33)15-24-22-8-7-21-16-30(36,37)25(26-18-38-14-11-32-26)17-28(21,3)23(22)9-10-29(24,31)4/h21-27,36-37H,5-10,12-18H2,1-4H3/q+1/t21-,22+,23-,24-,25-,26-,27-,28-,29-/m0/s1. The lowest BCUT2D eigenvalue weighted by molar-refractivity contribution is -0.296. The third kappa shape index (κ3) is 4.23. The van der Waals surface area contributed by atoms with Crippen molar-refractivity contribution in [2.24, 2.45) is 40.4 Å². The molecule has 222 valence electrons. The van der Waals surface area contributed by atoms with Gasteiger partial charge >= 0.3 is 24.0 Å². The zero-order valence-electron chi connectivity index (χ0n) is 24.6. The number of carbonyl (C=O) groups excluding carboxylic acids is 2. The molecule has 9 heteroatoms. The molecule has 9 atom stereocenters. The fraction of sp³-hybridized carbons (Fsp3) is 0.903. The molecule has 0 spiro atoms. The molecule has 0 aromatic rings. The summed E-state index contributed by atoms with van der Waals surface area (Å²) in [5.41, 5.74) is -0.571. The molecule has 40 heavy (non-hydrogen) atoms. The Morgan fingerprint density at radius 3 is 2.30 bits per heavy atom. The minimum Gasteiger partial charge on any atom is -0.420 e. The SMILES string of the molecule is CC(=O)OC1(OC(C)=O)[C@@H](N2CCCC2)C[C@H]2[C@@H]3CC[C@H]4CC(O)(O)[C@H]([C@@H]5COCC#[N+]5)C[C@]4(C)[C@H]3CC[C@@]21C. The second-order valence-corrected chi connectivity index (χ2v) is 14.2. The first-order valence-electron chi connectivity index (χ1n) is 15.5. The molecule has 0 aromatic carbocycles. The number of nitrogens with zero attached hydrogens (tertiary/aromatic N) is 2. The highest BCUT2D eigenvalue weighted by atomic mass is 16.7. The van der Waals surface area contributed by atoms with E-state index in [-0.39, 0.29) is 29.3 Å². The Morgan fingerprint density at radius 2 is 1.68 bits per heavy atom. The first-order chi connectivity index (χ1) is 18.9. The van der Waals surface area contributed by atoms with Crippen LogP contribution in [0.3, 0.4) is 0 Å². The van der Waals surface area contributed by atoms with Crippen LogP contribution in [0.25, 0.3) is 4.85 Å². The van der Waals surface area contributed by atoms with Crippen molar-refractivity contribution in [3.63, 3.8) is 0 Å². The number of hydrogen-bond donors (Lipinski definition) is 2. The fourth-order valence-electron chi connectivity index (χ4n) is 10.6. The highest BCUT2D eigenvalue weighted by Gasteiger charge is 2.74. The van der Waals surface area contributed by atoms with Gasteiger partial charge in [-0.25, -0.2) is 0 Å². The van der Waals surface area contributed by atoms with Gasteiger partial charge in [0.1, 0.15) is 6.61 Å². The van der Waals surface area contributed by atoms with Crippen molar-refractivity contribution < 1.29 is 34.0 Å². The molecule has 0 radical (unpaired) electrons. The number of rotatable bonds is 4. The third-order valence-electron chi connectivity index (χ3n) is 12.3. The minimum absolute atomic E-state index is 0.0753. The van der Waals surface area contributed by atoms with Crippen molar-refractivity contribution in [1.82, 2.24) is 4.90 Å². The summed E-state index contributed by atoms with van der Waals surface area (Å²) in [6.45, 7) is 10.00. The maximum absolute atomic E-state index is 12.6. The Bertz CT molecular complexity index is 1080. The smallest absolute Gasteiger partial charge is 0.305 e. The van der Waals surface area contributed by atoms with E-state index in [4.69, 9.17) is 14.2 Å². The van der Waals surface area contributed by atoms with Crippen molar-refractivity contribution in [3.8, 4) is 6.07 Å². The molecule has 2 aliphatic heterocycles. The van der Waals surface area contributed by atoms with E-state index in [0.717, 1.165) is 58.0 Å². The summed E-state index contributed by atoms with van der Waals surface area (Å²) in [4.78, 5) is 32.2. The molecule has 9 nitrogen and oxygen atoms in total. The minimum atomic E-state index is -1.77. The normalized spacial score (nSPS) is 45.3. The topological polar surface area (TPSA) is 110 Å². The Balaban J connectivity index is 1.36. The van der Waals surface area contributed by atoms with E-state index in [1.165, 1.54) is 13.8 Å². The molecule has 1 saturated heterocycles. The maximum Gasteiger partial charge on any atom is 0.305 e. The Hall–Kier alpha value is -1.73. The molecular formula is C31H47N2O7+. The zero-order chi connectivity index (χ0) is 28.5. The molecule has 2 N–H and O–H groups in total. The number of likely N-dealkylation sites (tertiary alicyclic amines) is 1. The Morgan fingerprint density at radius 1 is 0.975 bits per heavy atom. The van der Waals surface area contributed by atoms with E-state index in [1.807, 2.05) is 0 Å². The average Bonchev–Trinajstić information content (AvgIpc) is 3.49. The van der Waals surface area contributed by atoms with Gasteiger partial charge in [0, 0.05) is 25.7 Å². The molecule has 2 heterocycles. The van der Waals surface area contributed by atoms with Crippen LogP contribution in [0.2, 0.25) is 0 Å². The van der Waals surface area contributed by atoms with Gasteiger partial charge in [0.05, 0.1) is 12.0 Å². The van der Waals surface area contributed by atoms with Gasteiger partial charge in [0.15, 0.2) is 12.4 Å². The van der Waals surface area contributed by atoms with Crippen LogP contribution in [-0.4, -0.2) is 77.0 Å². The van der Waals surface area contributed by atoms with Gasteiger partial charge in [0.2, 0.25) is 0 Å². The molecule has 0 bridgehead atoms. The van der Waals surface area contributed by atoms with Gasteiger partial charge in [0.25, 0.3) is 5.79 Å². The van der Waals surface area contributed by atoms with E-state index >= 15 is 0 Å². The number of carbonyl (C=O) groups is 2. The zero-order valence-corrected chi connectivity index (χ0v) is 24.6. The summed E-state index contributed by atoms with van der Waals surface area (Å²) < 4.78 is 18.0. The molecule has 0 unspecified atom stereocenters. The molecule has 5 fully saturated rings. The Kier molecular flexibility index (Phi) is 7.05. The van der Waals surface area contributed by atoms with Crippen molar-refractivity contribution in [1.29, 1.82) is 0 Å². The van der Waals surface area contributed by atoms with E-state index in [2.05, 4.69) is 29.7 Å². The molecule has 6 aliphatic rings. The maximum atomic E-state index is 12.6. The van der Waals surface area contributed by atoms with E-state index in [0.29, 0.717) is 37.9 Å². The predicted octanol–water partition coefficient (Wildman–Crippen LogP) is 3.56. The average molecular weight is 560 g/mol. The summed E-state index contributed by atoms with van der Waals surface area (Å²) in [7, 11) is 0. The second-order valence-electron chi connectivity index (χ2n) is 14.2. The molecule has 4 aliphatic carbocycles. The van der Waals surface area contributed by atoms with Crippen molar-refractivity contribution in [2.75, 3.05) is 26.3 Å². The van der Waals surface area contributed by atoms with Crippen LogP contribution in [0, 0.1) is 46.5 Å². The number of aliphatic hydroxyl groups is 2. The number of hydrogen-bond acceptors (Lipinski definition) is 8. The first kappa shape index (κ1) is 28.4. The summed E-state index contributed by atoms with van der Waals surface area (Å²) in [5.74, 6) is -3.08. The highest BCUT2D eigenvalue weighted by molar-refractivity contribution is 5.69. The van der Waals surface area contributed by atoms with Crippen LogP contribution >= 0.6 is 0 Å². The molecule has 6 rings (SSSR count). The monoisotopic (exact) mass is 559 g/mol. The quantitative estimate of drug-likeness (QED) is 0.398. The van der Waals surface area contributed by atoms with Gasteiger partial charge in [-0.1, -0.05) is 18.7 Å². The van der Waals surface area contributed by atoms with Gasteiger partial charge in [-0.15, -0.1) is 0 Å². The number of ether oxygens (including phenoxy) is 3. The Labute approximate surface area is 237 Å². The largest absolute Gasteiger partial charge is 0.420 e. The lowest BCUT2D eigenvalue weighted by Crippen LogP contribution is -2.64. The van der Waals surface area contributed by atoms with Crippen LogP contribution in [-0.2, 0) is 23.8 Å². The van der Waals surface area contributed by atoms with Crippen LogP contribution in [0.15, 0.2) is 0 Å². The van der Waals surface area contributed by atoms with Crippen LogP contribution < -0.4 is 0 Å². The number of esters is 2. The second kappa shape index (κ2) is 9.93. The molecule has 0 amide bonds. The van der Waals surface area contributed by atoms with Gasteiger partial charge < -0.3 is 24.4 Å². The fourth-order valence-corrected chi connectivity index (χ4v) is 10.6. The summed E-state index contributed by atoms with van der Waals surface area (Å²) in [6.07, 6.45) is 7.70. The van der Waals surface area contributed by atoms with E-state index in [9.17, 15) is 19.8 Å². The highest BCUT2D eigenvalue weighted by Crippen LogP contribution is 2.70. The lowest BCUT2D eigenvalue weighted by atomic mass is 9.43. The summed E-state index contributed by atoms with van der Waals surface area (Å²) >= 11 is 0. The van der Waals surface area contributed by atoms with Crippen molar-refractivity contribution >= 4 is 11.9 Å². The summed E-state index contributed by atoms with van der Waals surface area (Å²) in [6, 6.07) is 2.45. The van der Waals surface area contributed by atoms with E-state index in [1.54, 1.807) is 0 Å². The summed E-state index contributed by atoms with van der Waals surface area (Å²) in [5, 5.41) is 22.5. The predicted molar refractivity (Wildman–Crippen MR) is 146 cm³/mol. The van der Waals surface area contributed by atoms with Crippen LogP contribution in [0.4, 0.5) is 0 Å². The van der Waals surface area contributed by atoms with Crippen molar-refractivity contribution in [2.45, 2.75) is 109 Å². The van der Waals surface area contributed by atoms with Crippen molar-refractivity contribution in [3.05, 3.63) is 4.85 Å². The van der Waals surface area contributed by atoms with Gasteiger partial charge in [-0.05, 0) is 93.5 Å². The van der Waals surface area contributed by atoms with E-state index < -0.39 is 34.8 Å². The number of fused-ring (bicyclic) bond motifs is 5. The molecule has 4 saturated carbocycles.